The summed E-state index contributed by atoms with van der Waals surface area (Å²) in [5.41, 5.74) is 1.65. The number of aromatic nitrogens is 2. The fourth-order valence-electron chi connectivity index (χ4n) is 2.42. The minimum Gasteiger partial charge on any atom is -0.367 e. The van der Waals surface area contributed by atoms with Crippen LogP contribution in [0.1, 0.15) is 22.4 Å². The molecule has 0 amide bonds. The standard InChI is InChI=1S/C14H16N4O3S/c1-9-5-13(15-6-11(9)18(19)20)17-3-4-21-12(7-17)14-16-10(2)8-22-14/h5-6,8,12H,3-4,7H2,1-2H3. The van der Waals surface area contributed by atoms with Gasteiger partial charge < -0.3 is 9.64 Å². The molecule has 0 bridgehead atoms. The first kappa shape index (κ1) is 14.9. The van der Waals surface area contributed by atoms with Gasteiger partial charge in [0, 0.05) is 23.2 Å². The van der Waals surface area contributed by atoms with Crippen molar-refractivity contribution in [1.82, 2.24) is 9.97 Å². The van der Waals surface area contributed by atoms with Crippen LogP contribution in [-0.2, 0) is 4.74 Å². The van der Waals surface area contributed by atoms with Gasteiger partial charge in [0.2, 0.25) is 0 Å². The number of thiazole rings is 1. The van der Waals surface area contributed by atoms with E-state index < -0.39 is 4.92 Å². The Kier molecular flexibility index (Phi) is 4.04. The van der Waals surface area contributed by atoms with Gasteiger partial charge in [0.15, 0.2) is 0 Å². The van der Waals surface area contributed by atoms with Crippen molar-refractivity contribution in [3.63, 3.8) is 0 Å². The maximum absolute atomic E-state index is 10.9. The smallest absolute Gasteiger partial charge is 0.290 e. The van der Waals surface area contributed by atoms with Crippen LogP contribution in [0.2, 0.25) is 0 Å². The molecule has 1 aliphatic rings. The maximum Gasteiger partial charge on any atom is 0.290 e. The molecule has 7 nitrogen and oxygen atoms in total. The third kappa shape index (κ3) is 2.93. The van der Waals surface area contributed by atoms with Gasteiger partial charge in [0.05, 0.1) is 18.1 Å². The lowest BCUT2D eigenvalue weighted by Crippen LogP contribution is -2.38. The number of aryl methyl sites for hydroxylation is 2. The lowest BCUT2D eigenvalue weighted by Gasteiger charge is -2.32. The van der Waals surface area contributed by atoms with Crippen molar-refractivity contribution in [2.45, 2.75) is 20.0 Å². The normalized spacial score (nSPS) is 18.5. The van der Waals surface area contributed by atoms with E-state index in [1.165, 1.54) is 6.20 Å². The number of rotatable bonds is 3. The first-order valence-electron chi connectivity index (χ1n) is 6.94. The van der Waals surface area contributed by atoms with Gasteiger partial charge >= 0.3 is 0 Å². The lowest BCUT2D eigenvalue weighted by molar-refractivity contribution is -0.385. The van der Waals surface area contributed by atoms with E-state index in [4.69, 9.17) is 4.74 Å². The van der Waals surface area contributed by atoms with Crippen molar-refractivity contribution in [3.8, 4) is 0 Å². The van der Waals surface area contributed by atoms with Gasteiger partial charge in [-0.25, -0.2) is 9.97 Å². The first-order valence-corrected chi connectivity index (χ1v) is 7.82. The monoisotopic (exact) mass is 320 g/mol. The molecule has 1 fully saturated rings. The van der Waals surface area contributed by atoms with Crippen LogP contribution in [0.15, 0.2) is 17.6 Å². The van der Waals surface area contributed by atoms with E-state index in [0.717, 1.165) is 16.5 Å². The Morgan fingerprint density at radius 3 is 2.95 bits per heavy atom. The van der Waals surface area contributed by atoms with Crippen LogP contribution in [0.3, 0.4) is 0 Å². The summed E-state index contributed by atoms with van der Waals surface area (Å²) >= 11 is 1.59. The molecule has 1 atom stereocenters. The van der Waals surface area contributed by atoms with Crippen molar-refractivity contribution >= 4 is 22.8 Å². The summed E-state index contributed by atoms with van der Waals surface area (Å²) in [4.78, 5) is 21.3. The number of anilines is 1. The molecule has 2 aromatic rings. The number of nitrogens with zero attached hydrogens (tertiary/aromatic N) is 4. The predicted molar refractivity (Wildman–Crippen MR) is 83.4 cm³/mol. The van der Waals surface area contributed by atoms with E-state index in [2.05, 4.69) is 14.9 Å². The van der Waals surface area contributed by atoms with Gasteiger partial charge in [0.1, 0.15) is 23.1 Å². The van der Waals surface area contributed by atoms with Crippen molar-refractivity contribution in [2.75, 3.05) is 24.6 Å². The van der Waals surface area contributed by atoms with Gasteiger partial charge in [-0.05, 0) is 19.9 Å². The third-order valence-corrected chi connectivity index (χ3v) is 4.62. The second-order valence-electron chi connectivity index (χ2n) is 5.22. The highest BCUT2D eigenvalue weighted by Gasteiger charge is 2.26. The molecule has 3 heterocycles. The van der Waals surface area contributed by atoms with Crippen LogP contribution in [0, 0.1) is 24.0 Å². The molecular formula is C14H16N4O3S. The van der Waals surface area contributed by atoms with E-state index in [0.29, 0.717) is 25.3 Å². The van der Waals surface area contributed by atoms with E-state index in [1.807, 2.05) is 12.3 Å². The van der Waals surface area contributed by atoms with Crippen LogP contribution in [0.4, 0.5) is 11.5 Å². The first-order chi connectivity index (χ1) is 10.5. The topological polar surface area (TPSA) is 81.4 Å². The highest BCUT2D eigenvalue weighted by Crippen LogP contribution is 2.28. The number of morpholine rings is 1. The molecule has 0 aliphatic carbocycles. The largest absolute Gasteiger partial charge is 0.367 e. The Morgan fingerprint density at radius 1 is 1.50 bits per heavy atom. The molecule has 0 spiro atoms. The Morgan fingerprint density at radius 2 is 2.32 bits per heavy atom. The zero-order valence-corrected chi connectivity index (χ0v) is 13.2. The van der Waals surface area contributed by atoms with Crippen LogP contribution < -0.4 is 4.90 Å². The van der Waals surface area contributed by atoms with E-state index in [9.17, 15) is 10.1 Å². The minimum atomic E-state index is -0.410. The highest BCUT2D eigenvalue weighted by molar-refractivity contribution is 7.09. The van der Waals surface area contributed by atoms with Crippen LogP contribution in [-0.4, -0.2) is 34.6 Å². The molecule has 1 saturated heterocycles. The van der Waals surface area contributed by atoms with Crippen molar-refractivity contribution < 1.29 is 9.66 Å². The third-order valence-electron chi connectivity index (χ3n) is 3.57. The van der Waals surface area contributed by atoms with Gasteiger partial charge in [-0.15, -0.1) is 11.3 Å². The summed E-state index contributed by atoms with van der Waals surface area (Å²) in [6.45, 7) is 5.64. The maximum atomic E-state index is 10.9. The number of pyridine rings is 1. The second kappa shape index (κ2) is 5.98. The van der Waals surface area contributed by atoms with Crippen molar-refractivity contribution in [2.24, 2.45) is 0 Å². The Hall–Kier alpha value is -2.06. The Bertz CT molecular complexity index is 703. The lowest BCUT2D eigenvalue weighted by atomic mass is 10.2. The molecule has 116 valence electrons. The molecule has 1 unspecified atom stereocenters. The molecular weight excluding hydrogens is 304 g/mol. The van der Waals surface area contributed by atoms with E-state index in [1.54, 1.807) is 24.3 Å². The Balaban J connectivity index is 1.80. The second-order valence-corrected chi connectivity index (χ2v) is 6.11. The Labute approximate surface area is 131 Å². The number of hydrogen-bond acceptors (Lipinski definition) is 7. The average molecular weight is 320 g/mol. The highest BCUT2D eigenvalue weighted by atomic mass is 32.1. The number of ether oxygens (including phenoxy) is 1. The van der Waals surface area contributed by atoms with Crippen LogP contribution in [0.5, 0.6) is 0 Å². The molecule has 0 N–H and O–H groups in total. The molecule has 3 rings (SSSR count). The predicted octanol–water partition coefficient (Wildman–Crippen LogP) is 2.64. The molecule has 8 heteroatoms. The summed E-state index contributed by atoms with van der Waals surface area (Å²) in [5.74, 6) is 0.740. The van der Waals surface area contributed by atoms with E-state index >= 15 is 0 Å². The summed E-state index contributed by atoms with van der Waals surface area (Å²) in [5, 5.41) is 13.8. The molecule has 22 heavy (non-hydrogen) atoms. The average Bonchev–Trinajstić information content (AvgIpc) is 2.93. The molecule has 2 aromatic heterocycles. The summed E-state index contributed by atoms with van der Waals surface area (Å²) < 4.78 is 5.79. The summed E-state index contributed by atoms with van der Waals surface area (Å²) in [6, 6.07) is 1.76. The molecule has 0 radical (unpaired) electrons. The summed E-state index contributed by atoms with van der Waals surface area (Å²) in [6.07, 6.45) is 1.24. The molecule has 0 saturated carbocycles. The summed E-state index contributed by atoms with van der Waals surface area (Å²) in [7, 11) is 0. The van der Waals surface area contributed by atoms with Crippen LogP contribution >= 0.6 is 11.3 Å². The quantitative estimate of drug-likeness (QED) is 0.639. The van der Waals surface area contributed by atoms with Crippen molar-refractivity contribution in [1.29, 1.82) is 0 Å². The van der Waals surface area contributed by atoms with Gasteiger partial charge in [-0.2, -0.15) is 0 Å². The van der Waals surface area contributed by atoms with Gasteiger partial charge in [-0.1, -0.05) is 0 Å². The van der Waals surface area contributed by atoms with Crippen molar-refractivity contribution in [3.05, 3.63) is 44.0 Å². The SMILES string of the molecule is Cc1csc(C2CN(c3cc(C)c([N+](=O)[O-])cn3)CCO2)n1. The minimum absolute atomic E-state index is 0.0455. The van der Waals surface area contributed by atoms with Gasteiger partial charge in [0.25, 0.3) is 5.69 Å². The van der Waals surface area contributed by atoms with Gasteiger partial charge in [-0.3, -0.25) is 10.1 Å². The van der Waals surface area contributed by atoms with E-state index in [-0.39, 0.29) is 11.8 Å². The molecule has 0 aromatic carbocycles. The zero-order chi connectivity index (χ0) is 15.7. The molecule has 1 aliphatic heterocycles. The number of hydrogen-bond donors (Lipinski definition) is 0. The number of nitro groups is 1. The fraction of sp³-hybridized carbons (Fsp3) is 0.429. The zero-order valence-electron chi connectivity index (χ0n) is 12.4. The fourth-order valence-corrected chi connectivity index (χ4v) is 3.26. The van der Waals surface area contributed by atoms with Crippen LogP contribution in [0.25, 0.3) is 0 Å².